The normalized spacial score (nSPS) is 45.8. The van der Waals surface area contributed by atoms with E-state index in [9.17, 15) is 9.90 Å². The van der Waals surface area contributed by atoms with Gasteiger partial charge in [0.05, 0.1) is 5.60 Å². The predicted octanol–water partition coefficient (Wildman–Crippen LogP) is 2.05. The van der Waals surface area contributed by atoms with E-state index in [4.69, 9.17) is 0 Å². The van der Waals surface area contributed by atoms with Crippen LogP contribution in [0.3, 0.4) is 0 Å². The molecule has 2 aliphatic heterocycles. The largest absolute Gasteiger partial charge is 0.389 e. The first-order valence-corrected chi connectivity index (χ1v) is 6.93. The highest BCUT2D eigenvalue weighted by atomic mass is 16.3. The molecular formula is C15H25NO2. The first kappa shape index (κ1) is 13.8. The second-order valence-electron chi connectivity index (χ2n) is 6.94. The monoisotopic (exact) mass is 251 g/mol. The summed E-state index contributed by atoms with van der Waals surface area (Å²) in [6.07, 6.45) is 6.23. The molecule has 0 radical (unpaired) electrons. The zero-order valence-corrected chi connectivity index (χ0v) is 11.9. The Labute approximate surface area is 110 Å². The zero-order valence-electron chi connectivity index (χ0n) is 11.9. The fraction of sp³-hybridized carbons (Fsp3) is 0.800. The van der Waals surface area contributed by atoms with E-state index in [2.05, 4.69) is 19.2 Å². The fourth-order valence-corrected chi connectivity index (χ4v) is 3.07. The zero-order chi connectivity index (χ0) is 13.6. The summed E-state index contributed by atoms with van der Waals surface area (Å²) >= 11 is 0. The van der Waals surface area contributed by atoms with Crippen molar-refractivity contribution < 1.29 is 9.90 Å². The third kappa shape index (κ3) is 2.67. The van der Waals surface area contributed by atoms with E-state index < -0.39 is 5.60 Å². The van der Waals surface area contributed by atoms with Crippen LogP contribution in [-0.4, -0.2) is 28.6 Å². The molecule has 2 heterocycles. The smallest absolute Gasteiger partial charge is 0.159 e. The third-order valence-electron chi connectivity index (χ3n) is 4.61. The Balaban J connectivity index is 2.32. The van der Waals surface area contributed by atoms with E-state index in [0.29, 0.717) is 0 Å². The van der Waals surface area contributed by atoms with Crippen molar-refractivity contribution in [3.63, 3.8) is 0 Å². The molecule has 4 unspecified atom stereocenters. The van der Waals surface area contributed by atoms with Gasteiger partial charge in [-0.2, -0.15) is 0 Å². The predicted molar refractivity (Wildman–Crippen MR) is 72.3 cm³/mol. The molecule has 2 bridgehead atoms. The van der Waals surface area contributed by atoms with Crippen molar-refractivity contribution in [3.05, 3.63) is 12.2 Å². The minimum absolute atomic E-state index is 0.00579. The van der Waals surface area contributed by atoms with Gasteiger partial charge in [-0.1, -0.05) is 26.8 Å². The minimum atomic E-state index is -0.672. The molecule has 0 aromatic carbocycles. The molecule has 0 saturated carbocycles. The Morgan fingerprint density at radius 1 is 1.39 bits per heavy atom. The molecule has 102 valence electrons. The van der Waals surface area contributed by atoms with Gasteiger partial charge in [-0.15, -0.1) is 0 Å². The van der Waals surface area contributed by atoms with Crippen LogP contribution >= 0.6 is 0 Å². The first-order chi connectivity index (χ1) is 8.21. The molecule has 0 aromatic heterocycles. The number of carbonyl (C=O) groups excluding carboxylic acids is 1. The Kier molecular flexibility index (Phi) is 3.41. The molecule has 0 aromatic rings. The van der Waals surface area contributed by atoms with Crippen LogP contribution in [0.15, 0.2) is 12.2 Å². The van der Waals surface area contributed by atoms with Crippen LogP contribution < -0.4 is 5.32 Å². The Hall–Kier alpha value is -0.670. The lowest BCUT2D eigenvalue weighted by Crippen LogP contribution is -2.59. The maximum atomic E-state index is 12.1. The molecule has 1 saturated heterocycles. The van der Waals surface area contributed by atoms with Gasteiger partial charge in [0.15, 0.2) is 5.78 Å². The molecule has 1 fully saturated rings. The number of nitrogens with one attached hydrogen (secondary N) is 1. The lowest BCUT2D eigenvalue weighted by atomic mass is 9.75. The van der Waals surface area contributed by atoms with Crippen molar-refractivity contribution in [2.75, 3.05) is 0 Å². The van der Waals surface area contributed by atoms with Crippen LogP contribution in [0.1, 0.15) is 47.0 Å². The summed E-state index contributed by atoms with van der Waals surface area (Å²) in [5, 5.41) is 14.0. The number of rotatable bonds is 0. The summed E-state index contributed by atoms with van der Waals surface area (Å²) in [5.74, 6) is 0.191. The van der Waals surface area contributed by atoms with Gasteiger partial charge in [-0.3, -0.25) is 4.79 Å². The average molecular weight is 251 g/mol. The van der Waals surface area contributed by atoms with Crippen molar-refractivity contribution >= 4 is 5.78 Å². The topological polar surface area (TPSA) is 49.3 Å². The van der Waals surface area contributed by atoms with Crippen LogP contribution in [-0.2, 0) is 4.79 Å². The summed E-state index contributed by atoms with van der Waals surface area (Å²) in [5.41, 5.74) is -0.738. The van der Waals surface area contributed by atoms with E-state index in [1.54, 1.807) is 6.08 Å². The minimum Gasteiger partial charge on any atom is -0.389 e. The number of allylic oxidation sites excluding steroid dienone is 2. The maximum Gasteiger partial charge on any atom is 0.159 e. The summed E-state index contributed by atoms with van der Waals surface area (Å²) < 4.78 is 0. The highest BCUT2D eigenvalue weighted by Gasteiger charge is 2.42. The van der Waals surface area contributed by atoms with Crippen molar-refractivity contribution in [2.24, 2.45) is 11.3 Å². The summed E-state index contributed by atoms with van der Waals surface area (Å²) in [4.78, 5) is 12.1. The summed E-state index contributed by atoms with van der Waals surface area (Å²) in [6, 6.07) is 0.255. The molecule has 2 N–H and O–H groups in total. The van der Waals surface area contributed by atoms with Gasteiger partial charge in [0, 0.05) is 18.0 Å². The number of hydrogen-bond acceptors (Lipinski definition) is 3. The number of ketones is 1. The lowest BCUT2D eigenvalue weighted by molar-refractivity contribution is -0.119. The van der Waals surface area contributed by atoms with Crippen molar-refractivity contribution in [1.29, 1.82) is 0 Å². The molecule has 0 amide bonds. The average Bonchev–Trinajstić information content (AvgIpc) is 2.30. The summed E-state index contributed by atoms with van der Waals surface area (Å²) in [7, 11) is 0. The highest BCUT2D eigenvalue weighted by molar-refractivity contribution is 5.92. The molecule has 0 spiro atoms. The third-order valence-corrected chi connectivity index (χ3v) is 4.61. The first-order valence-electron chi connectivity index (χ1n) is 6.93. The van der Waals surface area contributed by atoms with Crippen LogP contribution in [0.2, 0.25) is 0 Å². The van der Waals surface area contributed by atoms with E-state index >= 15 is 0 Å². The van der Waals surface area contributed by atoms with Gasteiger partial charge in [-0.05, 0) is 37.7 Å². The van der Waals surface area contributed by atoms with Gasteiger partial charge in [0.25, 0.3) is 0 Å². The molecule has 4 atom stereocenters. The van der Waals surface area contributed by atoms with Crippen LogP contribution in [0.5, 0.6) is 0 Å². The van der Waals surface area contributed by atoms with Crippen LogP contribution in [0.25, 0.3) is 0 Å². The Morgan fingerprint density at radius 2 is 2.06 bits per heavy atom. The van der Waals surface area contributed by atoms with Crippen molar-refractivity contribution in [2.45, 2.75) is 64.6 Å². The second kappa shape index (κ2) is 4.46. The van der Waals surface area contributed by atoms with E-state index in [0.717, 1.165) is 19.3 Å². The lowest BCUT2D eigenvalue weighted by Gasteiger charge is -2.45. The molecule has 3 nitrogen and oxygen atoms in total. The Bertz CT molecular complexity index is 371. The van der Waals surface area contributed by atoms with Crippen LogP contribution in [0, 0.1) is 11.3 Å². The van der Waals surface area contributed by atoms with Crippen molar-refractivity contribution in [1.82, 2.24) is 5.32 Å². The standard InChI is InChI=1S/C15H25NO2/c1-10-11-5-8-15(4,18)13(16-11)9-14(2,3)7-6-12(10)17/h6-7,10-11,13,16,18H,5,8-9H2,1-4H3/b7-6-. The SMILES string of the molecule is CC1C(=O)/C=C\C(C)(C)CC2NC1CCC2(C)O. The molecule has 0 aliphatic carbocycles. The molecule has 2 rings (SSSR count). The molecule has 2 aliphatic rings. The number of hydrogen-bond donors (Lipinski definition) is 2. The van der Waals surface area contributed by atoms with E-state index in [1.807, 2.05) is 19.9 Å². The number of carbonyl (C=O) groups is 1. The van der Waals surface area contributed by atoms with Gasteiger partial charge in [0.2, 0.25) is 0 Å². The van der Waals surface area contributed by atoms with Gasteiger partial charge < -0.3 is 10.4 Å². The van der Waals surface area contributed by atoms with E-state index in [-0.39, 0.29) is 29.2 Å². The Morgan fingerprint density at radius 3 is 2.72 bits per heavy atom. The quantitative estimate of drug-likeness (QED) is 0.693. The maximum absolute atomic E-state index is 12.1. The van der Waals surface area contributed by atoms with Gasteiger partial charge >= 0.3 is 0 Å². The molecular weight excluding hydrogens is 226 g/mol. The number of fused-ring (bicyclic) bond motifs is 2. The summed E-state index contributed by atoms with van der Waals surface area (Å²) in [6.45, 7) is 8.13. The number of piperidine rings is 1. The highest BCUT2D eigenvalue weighted by Crippen LogP contribution is 2.36. The number of aliphatic hydroxyl groups is 1. The van der Waals surface area contributed by atoms with Gasteiger partial charge in [-0.25, -0.2) is 0 Å². The van der Waals surface area contributed by atoms with Gasteiger partial charge in [0.1, 0.15) is 0 Å². The van der Waals surface area contributed by atoms with E-state index in [1.165, 1.54) is 0 Å². The second-order valence-corrected chi connectivity index (χ2v) is 6.94. The van der Waals surface area contributed by atoms with Crippen LogP contribution in [0.4, 0.5) is 0 Å². The fourth-order valence-electron chi connectivity index (χ4n) is 3.07. The molecule has 3 heteroatoms. The molecule has 18 heavy (non-hydrogen) atoms. The van der Waals surface area contributed by atoms with Crippen molar-refractivity contribution in [3.8, 4) is 0 Å².